The zero-order valence-electron chi connectivity index (χ0n) is 11.3. The average molecular weight is 260 g/mol. The molecule has 6 nitrogen and oxygen atoms in total. The van der Waals surface area contributed by atoms with Gasteiger partial charge in [0.05, 0.1) is 13.2 Å². The van der Waals surface area contributed by atoms with E-state index in [-0.39, 0.29) is 12.3 Å². The molecular formula is C12H24N2O4. The molecule has 106 valence electrons. The summed E-state index contributed by atoms with van der Waals surface area (Å²) in [5.74, 6) is -0.860. The summed E-state index contributed by atoms with van der Waals surface area (Å²) in [7, 11) is 3.95. The summed E-state index contributed by atoms with van der Waals surface area (Å²) in [5.41, 5.74) is 0. The molecule has 6 heteroatoms. The van der Waals surface area contributed by atoms with E-state index in [1.165, 1.54) is 0 Å². The van der Waals surface area contributed by atoms with Crippen LogP contribution in [0.25, 0.3) is 0 Å². The summed E-state index contributed by atoms with van der Waals surface area (Å²) in [6.45, 7) is 2.53. The average Bonchev–Trinajstić information content (AvgIpc) is 2.28. The van der Waals surface area contributed by atoms with Gasteiger partial charge in [-0.05, 0) is 26.9 Å². The van der Waals surface area contributed by atoms with E-state index >= 15 is 0 Å². The Morgan fingerprint density at radius 3 is 2.44 bits per heavy atom. The maximum absolute atomic E-state index is 11.3. The Balaban J connectivity index is 3.24. The first-order valence-electron chi connectivity index (χ1n) is 6.23. The number of unbranched alkanes of at least 4 members (excludes halogenated alkanes) is 1. The quantitative estimate of drug-likeness (QED) is 0.523. The van der Waals surface area contributed by atoms with Gasteiger partial charge >= 0.3 is 5.97 Å². The Morgan fingerprint density at radius 1 is 1.17 bits per heavy atom. The first-order valence-corrected chi connectivity index (χ1v) is 6.23. The summed E-state index contributed by atoms with van der Waals surface area (Å²) >= 11 is 0. The van der Waals surface area contributed by atoms with Crippen molar-refractivity contribution in [2.75, 3.05) is 40.4 Å². The standard InChI is InChI=1S/C12H24N2O4/c1-14(2)8-10-18-9-7-13-11(15)5-3-4-6-12(16)17/h3-10H2,1-2H3,(H,13,15)(H,16,17). The van der Waals surface area contributed by atoms with Gasteiger partial charge in [0, 0.05) is 25.9 Å². The molecule has 0 aromatic rings. The Bertz CT molecular complexity index is 244. The molecule has 0 spiro atoms. The highest BCUT2D eigenvalue weighted by Gasteiger charge is 2.02. The highest BCUT2D eigenvalue weighted by atomic mass is 16.5. The summed E-state index contributed by atoms with van der Waals surface area (Å²) < 4.78 is 5.32. The Labute approximate surface area is 108 Å². The van der Waals surface area contributed by atoms with Crippen molar-refractivity contribution in [3.8, 4) is 0 Å². The number of aliphatic carboxylic acids is 1. The maximum atomic E-state index is 11.3. The third-order valence-corrected chi connectivity index (χ3v) is 2.30. The minimum atomic E-state index is -0.815. The number of carboxylic acids is 1. The number of nitrogens with zero attached hydrogens (tertiary/aromatic N) is 1. The van der Waals surface area contributed by atoms with E-state index in [1.54, 1.807) is 0 Å². The molecule has 0 unspecified atom stereocenters. The first kappa shape index (κ1) is 16.9. The number of carbonyl (C=O) groups excluding carboxylic acids is 1. The van der Waals surface area contributed by atoms with Crippen LogP contribution in [0.4, 0.5) is 0 Å². The van der Waals surface area contributed by atoms with E-state index < -0.39 is 5.97 Å². The van der Waals surface area contributed by atoms with Crippen LogP contribution in [0.15, 0.2) is 0 Å². The highest BCUT2D eigenvalue weighted by molar-refractivity contribution is 5.75. The number of ether oxygens (including phenoxy) is 1. The lowest BCUT2D eigenvalue weighted by atomic mass is 10.2. The van der Waals surface area contributed by atoms with E-state index in [0.29, 0.717) is 39.0 Å². The van der Waals surface area contributed by atoms with Crippen LogP contribution in [0.2, 0.25) is 0 Å². The third-order valence-electron chi connectivity index (χ3n) is 2.30. The predicted octanol–water partition coefficient (Wildman–Crippen LogP) is 0.326. The molecule has 18 heavy (non-hydrogen) atoms. The lowest BCUT2D eigenvalue weighted by Gasteiger charge is -2.10. The third kappa shape index (κ3) is 12.9. The highest BCUT2D eigenvalue weighted by Crippen LogP contribution is 1.99. The van der Waals surface area contributed by atoms with Gasteiger partial charge in [0.2, 0.25) is 5.91 Å². The normalized spacial score (nSPS) is 10.6. The molecule has 2 N–H and O–H groups in total. The zero-order valence-corrected chi connectivity index (χ0v) is 11.3. The van der Waals surface area contributed by atoms with Gasteiger partial charge in [0.25, 0.3) is 0 Å². The molecule has 0 atom stereocenters. The minimum Gasteiger partial charge on any atom is -0.481 e. The number of carbonyl (C=O) groups is 2. The maximum Gasteiger partial charge on any atom is 0.303 e. The van der Waals surface area contributed by atoms with E-state index in [1.807, 2.05) is 19.0 Å². The molecule has 0 aliphatic heterocycles. The van der Waals surface area contributed by atoms with Crippen LogP contribution in [0.3, 0.4) is 0 Å². The van der Waals surface area contributed by atoms with E-state index in [2.05, 4.69) is 5.32 Å². The fourth-order valence-electron chi connectivity index (χ4n) is 1.26. The summed E-state index contributed by atoms with van der Waals surface area (Å²) in [6.07, 6.45) is 1.66. The zero-order chi connectivity index (χ0) is 13.8. The van der Waals surface area contributed by atoms with Crippen LogP contribution in [0, 0.1) is 0 Å². The molecule has 0 bridgehead atoms. The molecule has 0 fully saturated rings. The van der Waals surface area contributed by atoms with Gasteiger partial charge in [-0.1, -0.05) is 0 Å². The number of carboxylic acid groups (broad SMARTS) is 1. The largest absolute Gasteiger partial charge is 0.481 e. The van der Waals surface area contributed by atoms with Crippen molar-refractivity contribution >= 4 is 11.9 Å². The smallest absolute Gasteiger partial charge is 0.303 e. The lowest BCUT2D eigenvalue weighted by Crippen LogP contribution is -2.28. The number of hydrogen-bond acceptors (Lipinski definition) is 4. The Morgan fingerprint density at radius 2 is 1.83 bits per heavy atom. The van der Waals surface area contributed by atoms with Gasteiger partial charge in [0.15, 0.2) is 0 Å². The van der Waals surface area contributed by atoms with Gasteiger partial charge in [-0.25, -0.2) is 0 Å². The van der Waals surface area contributed by atoms with Crippen molar-refractivity contribution in [3.63, 3.8) is 0 Å². The minimum absolute atomic E-state index is 0.0448. The van der Waals surface area contributed by atoms with E-state index in [4.69, 9.17) is 9.84 Å². The second kappa shape index (κ2) is 11.0. The van der Waals surface area contributed by atoms with Gasteiger partial charge in [0.1, 0.15) is 0 Å². The van der Waals surface area contributed by atoms with Crippen LogP contribution in [0.1, 0.15) is 25.7 Å². The van der Waals surface area contributed by atoms with Crippen molar-refractivity contribution in [2.45, 2.75) is 25.7 Å². The van der Waals surface area contributed by atoms with Crippen LogP contribution in [-0.2, 0) is 14.3 Å². The lowest BCUT2D eigenvalue weighted by molar-refractivity contribution is -0.137. The van der Waals surface area contributed by atoms with Crippen LogP contribution >= 0.6 is 0 Å². The second-order valence-corrected chi connectivity index (χ2v) is 4.37. The van der Waals surface area contributed by atoms with Gasteiger partial charge in [-0.15, -0.1) is 0 Å². The van der Waals surface area contributed by atoms with Gasteiger partial charge in [-0.2, -0.15) is 0 Å². The number of amides is 1. The Kier molecular flexibility index (Phi) is 10.3. The Hall–Kier alpha value is -1.14. The molecule has 0 aliphatic carbocycles. The van der Waals surface area contributed by atoms with Crippen molar-refractivity contribution in [1.82, 2.24) is 10.2 Å². The van der Waals surface area contributed by atoms with Crippen molar-refractivity contribution in [3.05, 3.63) is 0 Å². The van der Waals surface area contributed by atoms with Crippen molar-refractivity contribution in [2.24, 2.45) is 0 Å². The molecular weight excluding hydrogens is 236 g/mol. The molecule has 0 aliphatic rings. The molecule has 0 radical (unpaired) electrons. The first-order chi connectivity index (χ1) is 8.52. The molecule has 0 aromatic heterocycles. The van der Waals surface area contributed by atoms with Crippen LogP contribution in [0.5, 0.6) is 0 Å². The van der Waals surface area contributed by atoms with E-state index in [9.17, 15) is 9.59 Å². The summed E-state index contributed by atoms with van der Waals surface area (Å²) in [5, 5.41) is 11.2. The molecule has 0 rings (SSSR count). The number of nitrogens with one attached hydrogen (secondary N) is 1. The second-order valence-electron chi connectivity index (χ2n) is 4.37. The number of hydrogen-bond donors (Lipinski definition) is 2. The monoisotopic (exact) mass is 260 g/mol. The molecule has 0 saturated heterocycles. The van der Waals surface area contributed by atoms with Gasteiger partial charge in [-0.3, -0.25) is 9.59 Å². The predicted molar refractivity (Wildman–Crippen MR) is 68.5 cm³/mol. The summed E-state index contributed by atoms with van der Waals surface area (Å²) in [6, 6.07) is 0. The molecule has 0 aromatic carbocycles. The molecule has 0 heterocycles. The fraction of sp³-hybridized carbons (Fsp3) is 0.833. The molecule has 0 saturated carbocycles. The fourth-order valence-corrected chi connectivity index (χ4v) is 1.26. The summed E-state index contributed by atoms with van der Waals surface area (Å²) in [4.78, 5) is 23.6. The van der Waals surface area contributed by atoms with Crippen LogP contribution in [-0.4, -0.2) is 62.3 Å². The number of rotatable bonds is 11. The number of likely N-dealkylation sites (N-methyl/N-ethyl adjacent to an activating group) is 1. The van der Waals surface area contributed by atoms with E-state index in [0.717, 1.165) is 6.54 Å². The molecule has 1 amide bonds. The van der Waals surface area contributed by atoms with Crippen LogP contribution < -0.4 is 5.32 Å². The van der Waals surface area contributed by atoms with Gasteiger partial charge < -0.3 is 20.1 Å². The van der Waals surface area contributed by atoms with Crippen molar-refractivity contribution in [1.29, 1.82) is 0 Å². The SMILES string of the molecule is CN(C)CCOCCNC(=O)CCCCC(=O)O. The topological polar surface area (TPSA) is 78.9 Å². The van der Waals surface area contributed by atoms with Crippen molar-refractivity contribution < 1.29 is 19.4 Å².